The summed E-state index contributed by atoms with van der Waals surface area (Å²) >= 11 is 0. The maximum absolute atomic E-state index is 11.0. The van der Waals surface area contributed by atoms with Crippen LogP contribution < -0.4 is 0 Å². The van der Waals surface area contributed by atoms with E-state index in [9.17, 15) is 15.0 Å². The summed E-state index contributed by atoms with van der Waals surface area (Å²) < 4.78 is 4.56. The summed E-state index contributed by atoms with van der Waals surface area (Å²) in [5.41, 5.74) is 0. The van der Waals surface area contributed by atoms with Gasteiger partial charge < -0.3 is 14.9 Å². The maximum atomic E-state index is 11.0. The number of esters is 1. The van der Waals surface area contributed by atoms with Gasteiger partial charge in [0.2, 0.25) is 0 Å². The molecular weight excluding hydrogens is 282 g/mol. The lowest BCUT2D eigenvalue weighted by molar-refractivity contribution is -0.134. The molecule has 0 amide bonds. The van der Waals surface area contributed by atoms with Crippen LogP contribution in [0.3, 0.4) is 0 Å². The number of aliphatic hydroxyl groups is 2. The third-order valence-electron chi connectivity index (χ3n) is 3.79. The van der Waals surface area contributed by atoms with Crippen LogP contribution in [0.25, 0.3) is 0 Å². The molecule has 0 rings (SSSR count). The lowest BCUT2D eigenvalue weighted by Crippen LogP contribution is -2.39. The number of hydrogen-bond acceptors (Lipinski definition) is 5. The van der Waals surface area contributed by atoms with Gasteiger partial charge in [0.1, 0.15) is 0 Å². The molecule has 0 aliphatic carbocycles. The van der Waals surface area contributed by atoms with E-state index in [-0.39, 0.29) is 19.2 Å². The molecule has 0 aromatic rings. The van der Waals surface area contributed by atoms with Gasteiger partial charge in [0.25, 0.3) is 0 Å². The second-order valence-electron chi connectivity index (χ2n) is 5.49. The van der Waals surface area contributed by atoms with Crippen molar-refractivity contribution in [3.8, 4) is 0 Å². The molecule has 0 radical (unpaired) electrons. The van der Waals surface area contributed by atoms with Crippen LogP contribution in [-0.4, -0.2) is 60.5 Å². The van der Waals surface area contributed by atoms with Gasteiger partial charge in [-0.2, -0.15) is 0 Å². The largest absolute Gasteiger partial charge is 0.466 e. The Labute approximate surface area is 135 Å². The number of unbranched alkanes of at least 4 members (excludes halogenated alkanes) is 3. The second kappa shape index (κ2) is 15.0. The van der Waals surface area contributed by atoms with E-state index in [1.807, 2.05) is 6.08 Å². The molecule has 0 bridgehead atoms. The third kappa shape index (κ3) is 10.8. The number of ether oxygens (including phenoxy) is 1. The fraction of sp³-hybridized carbons (Fsp3) is 0.824. The van der Waals surface area contributed by atoms with Gasteiger partial charge in [-0.3, -0.25) is 4.90 Å². The molecule has 5 heteroatoms. The molecule has 0 aromatic heterocycles. The lowest BCUT2D eigenvalue weighted by Gasteiger charge is -2.31. The van der Waals surface area contributed by atoms with Gasteiger partial charge in [0.05, 0.1) is 20.3 Å². The third-order valence-corrected chi connectivity index (χ3v) is 3.79. The number of aliphatic hydroxyl groups excluding tert-OH is 2. The van der Waals surface area contributed by atoms with Crippen molar-refractivity contribution in [2.24, 2.45) is 0 Å². The Morgan fingerprint density at radius 3 is 2.32 bits per heavy atom. The summed E-state index contributed by atoms with van der Waals surface area (Å²) in [6.07, 6.45) is 10.8. The number of allylic oxidation sites excluding steroid dienone is 1. The minimum Gasteiger partial charge on any atom is -0.466 e. The molecule has 0 heterocycles. The van der Waals surface area contributed by atoms with E-state index >= 15 is 0 Å². The SMILES string of the molecule is CCCCC[C@@H](CCC/C=C/C(=O)OC)N(CCO)CCO. The Bertz CT molecular complexity index is 288. The number of nitrogens with zero attached hydrogens (tertiary/aromatic N) is 1. The topological polar surface area (TPSA) is 70.0 Å². The number of rotatable bonds is 14. The van der Waals surface area contributed by atoms with E-state index in [4.69, 9.17) is 0 Å². The van der Waals surface area contributed by atoms with Crippen molar-refractivity contribution in [3.63, 3.8) is 0 Å². The molecule has 0 saturated carbocycles. The van der Waals surface area contributed by atoms with Gasteiger partial charge in [0.15, 0.2) is 0 Å². The van der Waals surface area contributed by atoms with Crippen molar-refractivity contribution in [3.05, 3.63) is 12.2 Å². The Balaban J connectivity index is 4.31. The second-order valence-corrected chi connectivity index (χ2v) is 5.49. The van der Waals surface area contributed by atoms with Gasteiger partial charge in [-0.05, 0) is 25.7 Å². The first-order chi connectivity index (χ1) is 10.7. The van der Waals surface area contributed by atoms with Crippen LogP contribution in [0.1, 0.15) is 51.9 Å². The van der Waals surface area contributed by atoms with Crippen LogP contribution in [0.2, 0.25) is 0 Å². The number of hydrogen-bond donors (Lipinski definition) is 2. The zero-order valence-electron chi connectivity index (χ0n) is 14.2. The zero-order valence-corrected chi connectivity index (χ0v) is 14.2. The molecule has 5 nitrogen and oxygen atoms in total. The fourth-order valence-corrected chi connectivity index (χ4v) is 2.59. The fourth-order valence-electron chi connectivity index (χ4n) is 2.59. The van der Waals surface area contributed by atoms with Crippen LogP contribution >= 0.6 is 0 Å². The number of methoxy groups -OCH3 is 1. The Morgan fingerprint density at radius 2 is 1.77 bits per heavy atom. The van der Waals surface area contributed by atoms with Crippen molar-refractivity contribution < 1.29 is 19.7 Å². The first-order valence-corrected chi connectivity index (χ1v) is 8.39. The highest BCUT2D eigenvalue weighted by Gasteiger charge is 2.16. The summed E-state index contributed by atoms with van der Waals surface area (Å²) in [5, 5.41) is 18.4. The summed E-state index contributed by atoms with van der Waals surface area (Å²) in [6.45, 7) is 3.63. The van der Waals surface area contributed by atoms with Gasteiger partial charge in [-0.15, -0.1) is 0 Å². The van der Waals surface area contributed by atoms with E-state index in [0.717, 1.165) is 25.7 Å². The van der Waals surface area contributed by atoms with E-state index in [1.54, 1.807) is 0 Å². The average molecular weight is 315 g/mol. The molecule has 0 spiro atoms. The summed E-state index contributed by atoms with van der Waals surface area (Å²) in [5.74, 6) is -0.318. The van der Waals surface area contributed by atoms with E-state index < -0.39 is 0 Å². The minimum atomic E-state index is -0.318. The standard InChI is InChI=1S/C17H33NO4/c1-3-4-6-9-16(18(12-14-19)13-15-20)10-7-5-8-11-17(21)22-2/h8,11,16,19-20H,3-7,9-10,12-15H2,1-2H3/b11-8+/t16-/m0/s1. The summed E-state index contributed by atoms with van der Waals surface area (Å²) in [7, 11) is 1.37. The van der Waals surface area contributed by atoms with Gasteiger partial charge in [-0.25, -0.2) is 4.79 Å². The van der Waals surface area contributed by atoms with Crippen LogP contribution in [0.5, 0.6) is 0 Å². The molecule has 0 saturated heterocycles. The predicted molar refractivity (Wildman–Crippen MR) is 88.7 cm³/mol. The molecule has 0 fully saturated rings. The minimum absolute atomic E-state index is 0.118. The Kier molecular flexibility index (Phi) is 14.4. The predicted octanol–water partition coefficient (Wildman–Crippen LogP) is 2.12. The van der Waals surface area contributed by atoms with Crippen LogP contribution in [0.15, 0.2) is 12.2 Å². The smallest absolute Gasteiger partial charge is 0.330 e. The molecule has 0 aromatic carbocycles. The Morgan fingerprint density at radius 1 is 1.14 bits per heavy atom. The average Bonchev–Trinajstić information content (AvgIpc) is 2.52. The van der Waals surface area contributed by atoms with E-state index in [2.05, 4.69) is 16.6 Å². The summed E-state index contributed by atoms with van der Waals surface area (Å²) in [4.78, 5) is 13.2. The van der Waals surface area contributed by atoms with Crippen molar-refractivity contribution in [1.29, 1.82) is 0 Å². The van der Waals surface area contributed by atoms with E-state index in [0.29, 0.717) is 19.1 Å². The Hall–Kier alpha value is -0.910. The van der Waals surface area contributed by atoms with Crippen molar-refractivity contribution in [2.75, 3.05) is 33.4 Å². The lowest BCUT2D eigenvalue weighted by atomic mass is 10.0. The molecule has 2 N–H and O–H groups in total. The highest BCUT2D eigenvalue weighted by molar-refractivity contribution is 5.81. The molecule has 0 aliphatic heterocycles. The molecule has 130 valence electrons. The van der Waals surface area contributed by atoms with Crippen LogP contribution in [0.4, 0.5) is 0 Å². The quantitative estimate of drug-likeness (QED) is 0.292. The van der Waals surface area contributed by atoms with Crippen molar-refractivity contribution >= 4 is 5.97 Å². The first-order valence-electron chi connectivity index (χ1n) is 8.39. The van der Waals surface area contributed by atoms with Gasteiger partial charge in [0, 0.05) is 25.2 Å². The number of carbonyl (C=O) groups excluding carboxylic acids is 1. The molecule has 22 heavy (non-hydrogen) atoms. The van der Waals surface area contributed by atoms with Crippen LogP contribution in [0, 0.1) is 0 Å². The molecular formula is C17H33NO4. The normalized spacial score (nSPS) is 13.0. The van der Waals surface area contributed by atoms with Gasteiger partial charge in [-0.1, -0.05) is 32.3 Å². The highest BCUT2D eigenvalue weighted by Crippen LogP contribution is 2.16. The van der Waals surface area contributed by atoms with Crippen molar-refractivity contribution in [2.45, 2.75) is 57.9 Å². The first kappa shape index (κ1) is 21.1. The maximum Gasteiger partial charge on any atom is 0.330 e. The summed E-state index contributed by atoms with van der Waals surface area (Å²) in [6, 6.07) is 0.386. The van der Waals surface area contributed by atoms with Crippen LogP contribution in [-0.2, 0) is 9.53 Å². The monoisotopic (exact) mass is 315 g/mol. The zero-order chi connectivity index (χ0) is 16.6. The van der Waals surface area contributed by atoms with Gasteiger partial charge >= 0.3 is 5.97 Å². The molecule has 1 atom stereocenters. The van der Waals surface area contributed by atoms with E-state index in [1.165, 1.54) is 32.4 Å². The molecule has 0 aliphatic rings. The van der Waals surface area contributed by atoms with Crippen molar-refractivity contribution in [1.82, 2.24) is 4.90 Å². The highest BCUT2D eigenvalue weighted by atomic mass is 16.5. The molecule has 0 unspecified atom stereocenters. The number of carbonyl (C=O) groups is 1.